The molecule has 100 valence electrons. The van der Waals surface area contributed by atoms with Gasteiger partial charge in [0.15, 0.2) is 0 Å². The maximum atomic E-state index is 11.0. The molecule has 0 aliphatic rings. The average molecular weight is 339 g/mol. The molecule has 0 saturated heterocycles. The zero-order valence-corrected chi connectivity index (χ0v) is 12.9. The van der Waals surface area contributed by atoms with Gasteiger partial charge < -0.3 is 11.1 Å². The molecular weight excluding hydrogens is 324 g/mol. The summed E-state index contributed by atoms with van der Waals surface area (Å²) >= 11 is 4.97. The highest BCUT2D eigenvalue weighted by molar-refractivity contribution is 9.10. The van der Waals surface area contributed by atoms with E-state index in [-0.39, 0.29) is 11.9 Å². The van der Waals surface area contributed by atoms with Crippen LogP contribution in [0.15, 0.2) is 40.2 Å². The molecule has 0 bridgehead atoms. The van der Waals surface area contributed by atoms with Gasteiger partial charge in [-0.25, -0.2) is 0 Å². The molecule has 2 rings (SSSR count). The lowest BCUT2D eigenvalue weighted by atomic mass is 10.1. The Morgan fingerprint density at radius 3 is 2.68 bits per heavy atom. The van der Waals surface area contributed by atoms with E-state index >= 15 is 0 Å². The first kappa shape index (κ1) is 14.2. The Bertz CT molecular complexity index is 565. The van der Waals surface area contributed by atoms with Gasteiger partial charge in [0, 0.05) is 27.3 Å². The molecule has 5 heteroatoms. The van der Waals surface area contributed by atoms with Gasteiger partial charge >= 0.3 is 0 Å². The van der Waals surface area contributed by atoms with Crippen LogP contribution in [0.25, 0.3) is 0 Å². The van der Waals surface area contributed by atoms with Crippen molar-refractivity contribution in [1.29, 1.82) is 0 Å². The Labute approximate surface area is 125 Å². The van der Waals surface area contributed by atoms with Crippen molar-refractivity contribution in [1.82, 2.24) is 5.32 Å². The van der Waals surface area contributed by atoms with Crippen molar-refractivity contribution in [2.75, 3.05) is 0 Å². The molecule has 2 aromatic rings. The quantitative estimate of drug-likeness (QED) is 0.877. The van der Waals surface area contributed by atoms with Crippen LogP contribution in [0.2, 0.25) is 0 Å². The van der Waals surface area contributed by atoms with Crippen LogP contribution < -0.4 is 11.1 Å². The van der Waals surface area contributed by atoms with Gasteiger partial charge in [0.25, 0.3) is 0 Å². The van der Waals surface area contributed by atoms with Crippen molar-refractivity contribution >= 4 is 33.2 Å². The Kier molecular flexibility index (Phi) is 4.74. The lowest BCUT2D eigenvalue weighted by molar-refractivity contribution is 0.100. The Morgan fingerprint density at radius 2 is 2.11 bits per heavy atom. The van der Waals surface area contributed by atoms with Crippen molar-refractivity contribution in [2.45, 2.75) is 19.5 Å². The second kappa shape index (κ2) is 6.32. The largest absolute Gasteiger partial charge is 0.366 e. The van der Waals surface area contributed by atoms with Crippen LogP contribution in [-0.2, 0) is 6.54 Å². The Morgan fingerprint density at radius 1 is 1.42 bits per heavy atom. The number of amides is 1. The number of hydrogen-bond acceptors (Lipinski definition) is 3. The van der Waals surface area contributed by atoms with Crippen LogP contribution in [0.5, 0.6) is 0 Å². The van der Waals surface area contributed by atoms with E-state index in [2.05, 4.69) is 40.3 Å². The van der Waals surface area contributed by atoms with Gasteiger partial charge in [-0.05, 0) is 30.7 Å². The topological polar surface area (TPSA) is 55.1 Å². The first-order chi connectivity index (χ1) is 9.06. The summed E-state index contributed by atoms with van der Waals surface area (Å²) in [5.74, 6) is -0.372. The molecule has 19 heavy (non-hydrogen) atoms. The molecule has 3 nitrogen and oxygen atoms in total. The first-order valence-corrected chi connectivity index (χ1v) is 7.59. The number of carbonyl (C=O) groups is 1. The number of nitrogens with two attached hydrogens (primary N) is 1. The van der Waals surface area contributed by atoms with E-state index in [1.807, 2.05) is 18.2 Å². The van der Waals surface area contributed by atoms with E-state index < -0.39 is 0 Å². The van der Waals surface area contributed by atoms with E-state index in [1.165, 1.54) is 5.56 Å². The highest BCUT2D eigenvalue weighted by atomic mass is 79.9. The summed E-state index contributed by atoms with van der Waals surface area (Å²) in [5.41, 5.74) is 7.04. The van der Waals surface area contributed by atoms with E-state index in [4.69, 9.17) is 5.73 Å². The van der Waals surface area contributed by atoms with Gasteiger partial charge in [-0.3, -0.25) is 4.79 Å². The number of thiophene rings is 1. The fourth-order valence-corrected chi connectivity index (χ4v) is 2.81. The Balaban J connectivity index is 1.94. The zero-order chi connectivity index (χ0) is 13.8. The van der Waals surface area contributed by atoms with Crippen LogP contribution in [0, 0.1) is 0 Å². The van der Waals surface area contributed by atoms with Gasteiger partial charge in [0.2, 0.25) is 5.91 Å². The second-order valence-electron chi connectivity index (χ2n) is 4.32. The van der Waals surface area contributed by atoms with E-state index in [9.17, 15) is 4.79 Å². The number of halogens is 1. The molecule has 0 saturated carbocycles. The molecule has 0 unspecified atom stereocenters. The summed E-state index contributed by atoms with van der Waals surface area (Å²) < 4.78 is 1.08. The lowest BCUT2D eigenvalue weighted by Gasteiger charge is -2.13. The van der Waals surface area contributed by atoms with Crippen LogP contribution in [0.3, 0.4) is 0 Å². The number of carbonyl (C=O) groups excluding carboxylic acids is 1. The van der Waals surface area contributed by atoms with Crippen LogP contribution in [0.4, 0.5) is 0 Å². The molecule has 1 atom stereocenters. The van der Waals surface area contributed by atoms with Crippen molar-refractivity contribution in [3.63, 3.8) is 0 Å². The molecule has 1 aromatic heterocycles. The molecule has 0 spiro atoms. The molecule has 0 aliphatic heterocycles. The van der Waals surface area contributed by atoms with Gasteiger partial charge in [0.05, 0.1) is 5.56 Å². The fourth-order valence-electron chi connectivity index (χ4n) is 1.73. The summed E-state index contributed by atoms with van der Waals surface area (Å²) in [6, 6.07) is 10.3. The normalized spacial score (nSPS) is 12.3. The first-order valence-electron chi connectivity index (χ1n) is 5.92. The van der Waals surface area contributed by atoms with Crippen molar-refractivity contribution in [2.24, 2.45) is 5.73 Å². The van der Waals surface area contributed by atoms with Crippen LogP contribution in [0.1, 0.15) is 33.8 Å². The third-order valence-corrected chi connectivity index (χ3v) is 4.36. The number of primary amides is 1. The molecule has 1 aromatic carbocycles. The zero-order valence-electron chi connectivity index (χ0n) is 10.5. The highest BCUT2D eigenvalue weighted by Crippen LogP contribution is 2.19. The number of hydrogen-bond donors (Lipinski definition) is 2. The highest BCUT2D eigenvalue weighted by Gasteiger charge is 2.07. The number of benzene rings is 1. The summed E-state index contributed by atoms with van der Waals surface area (Å²) in [5, 5.41) is 5.23. The number of nitrogens with one attached hydrogen (secondary N) is 1. The predicted octanol–water partition coefficient (Wildman–Crippen LogP) is 3.46. The third-order valence-electron chi connectivity index (χ3n) is 2.89. The molecule has 0 radical (unpaired) electrons. The van der Waals surface area contributed by atoms with Crippen molar-refractivity contribution in [3.05, 3.63) is 56.2 Å². The van der Waals surface area contributed by atoms with E-state index in [0.29, 0.717) is 5.56 Å². The van der Waals surface area contributed by atoms with E-state index in [0.717, 1.165) is 15.9 Å². The summed E-state index contributed by atoms with van der Waals surface area (Å²) in [6.07, 6.45) is 0. The molecular formula is C14H15BrN2OS. The molecule has 1 heterocycles. The van der Waals surface area contributed by atoms with Gasteiger partial charge in [-0.2, -0.15) is 0 Å². The average Bonchev–Trinajstić information content (AvgIpc) is 2.86. The minimum Gasteiger partial charge on any atom is -0.366 e. The third kappa shape index (κ3) is 3.89. The SMILES string of the molecule is C[C@@H](NCc1cc(C(N)=O)cs1)c1ccc(Br)cc1. The standard InChI is InChI=1S/C14H15BrN2OS/c1-9(10-2-4-12(15)5-3-10)17-7-13-6-11(8-19-13)14(16)18/h2-6,8-9,17H,7H2,1H3,(H2,16,18)/t9-/m1/s1. The molecule has 0 fully saturated rings. The smallest absolute Gasteiger partial charge is 0.249 e. The van der Waals surface area contributed by atoms with Crippen LogP contribution >= 0.6 is 27.3 Å². The summed E-state index contributed by atoms with van der Waals surface area (Å²) in [4.78, 5) is 12.1. The van der Waals surface area contributed by atoms with Gasteiger partial charge in [-0.15, -0.1) is 11.3 Å². The fraction of sp³-hybridized carbons (Fsp3) is 0.214. The summed E-state index contributed by atoms with van der Waals surface area (Å²) in [7, 11) is 0. The lowest BCUT2D eigenvalue weighted by Crippen LogP contribution is -2.17. The van der Waals surface area contributed by atoms with Gasteiger partial charge in [0.1, 0.15) is 0 Å². The predicted molar refractivity (Wildman–Crippen MR) is 82.2 cm³/mol. The maximum Gasteiger partial charge on any atom is 0.249 e. The van der Waals surface area contributed by atoms with Gasteiger partial charge in [-0.1, -0.05) is 28.1 Å². The monoisotopic (exact) mass is 338 g/mol. The van der Waals surface area contributed by atoms with E-state index in [1.54, 1.807) is 16.7 Å². The minimum atomic E-state index is -0.372. The Hall–Kier alpha value is -1.17. The molecule has 0 aliphatic carbocycles. The number of rotatable bonds is 5. The second-order valence-corrected chi connectivity index (χ2v) is 6.23. The summed E-state index contributed by atoms with van der Waals surface area (Å²) in [6.45, 7) is 2.85. The van der Waals surface area contributed by atoms with Crippen molar-refractivity contribution in [3.8, 4) is 0 Å². The maximum absolute atomic E-state index is 11.0. The minimum absolute atomic E-state index is 0.257. The van der Waals surface area contributed by atoms with Crippen molar-refractivity contribution < 1.29 is 4.79 Å². The molecule has 3 N–H and O–H groups in total. The molecule has 1 amide bonds. The van der Waals surface area contributed by atoms with Crippen LogP contribution in [-0.4, -0.2) is 5.91 Å².